The van der Waals surface area contributed by atoms with E-state index in [4.69, 9.17) is 0 Å². The molecule has 0 amide bonds. The van der Waals surface area contributed by atoms with Gasteiger partial charge in [0.25, 0.3) is 0 Å². The van der Waals surface area contributed by atoms with Crippen LogP contribution in [0, 0.1) is 0 Å². The van der Waals surface area contributed by atoms with Crippen molar-refractivity contribution in [3.8, 4) is 0 Å². The van der Waals surface area contributed by atoms with E-state index in [0.29, 0.717) is 0 Å². The number of hydrogen-bond acceptors (Lipinski definition) is 2. The molecule has 0 fully saturated rings. The predicted octanol–water partition coefficient (Wildman–Crippen LogP) is -0.276. The summed E-state index contributed by atoms with van der Waals surface area (Å²) in [5.74, 6) is 0. The summed E-state index contributed by atoms with van der Waals surface area (Å²) >= 11 is 0. The summed E-state index contributed by atoms with van der Waals surface area (Å²) in [5.41, 5.74) is 0. The van der Waals surface area contributed by atoms with Crippen molar-refractivity contribution in [2.75, 3.05) is 28.2 Å². The molecule has 0 saturated carbocycles. The van der Waals surface area contributed by atoms with Gasteiger partial charge in [-0.05, 0) is 28.2 Å². The topological polar surface area (TPSA) is 6.48 Å². The Bertz CT molecular complexity index is 58.0. The van der Waals surface area contributed by atoms with Crippen molar-refractivity contribution < 1.29 is 0 Å². The first-order valence-corrected chi connectivity index (χ1v) is 3.12. The Hall–Kier alpha value is 0.0499. The minimum absolute atomic E-state index is 1.01. The Morgan fingerprint density at radius 1 is 0.889 bits per heavy atom. The first kappa shape index (κ1) is 9.05. The van der Waals surface area contributed by atoms with Gasteiger partial charge in [0.15, 0.2) is 0 Å². The third-order valence-corrected chi connectivity index (χ3v) is 0.941. The van der Waals surface area contributed by atoms with Gasteiger partial charge in [0.05, 0.1) is 0 Å². The molecule has 2 nitrogen and oxygen atoms in total. The Balaban J connectivity index is 2.91. The third-order valence-electron chi connectivity index (χ3n) is 0.941. The average Bonchev–Trinajstić information content (AvgIpc) is 1.63. The first-order valence-electron chi connectivity index (χ1n) is 3.12. The Morgan fingerprint density at radius 3 is 1.44 bits per heavy atom. The molecule has 50 valence electrons. The van der Waals surface area contributed by atoms with Gasteiger partial charge in [0.2, 0.25) is 14.8 Å². The van der Waals surface area contributed by atoms with E-state index in [-0.39, 0.29) is 0 Å². The second kappa shape index (κ2) is 4.89. The highest BCUT2D eigenvalue weighted by molar-refractivity contribution is 6.52. The molecule has 0 spiro atoms. The van der Waals surface area contributed by atoms with Crippen molar-refractivity contribution in [3.05, 3.63) is 0 Å². The lowest BCUT2D eigenvalue weighted by Crippen LogP contribution is -2.25. The summed E-state index contributed by atoms with van der Waals surface area (Å²) in [4.78, 5) is 4.11. The minimum atomic E-state index is 1.01. The van der Waals surface area contributed by atoms with E-state index < -0.39 is 0 Å². The van der Waals surface area contributed by atoms with Crippen molar-refractivity contribution >= 4 is 14.8 Å². The lowest BCUT2D eigenvalue weighted by Gasteiger charge is -2.09. The van der Waals surface area contributed by atoms with Gasteiger partial charge < -0.3 is 9.62 Å². The fourth-order valence-corrected chi connectivity index (χ4v) is 0.469. The Morgan fingerprint density at radius 2 is 1.22 bits per heavy atom. The second-order valence-electron chi connectivity index (χ2n) is 2.53. The molecule has 0 atom stereocenters. The second-order valence-corrected chi connectivity index (χ2v) is 2.53. The molecule has 0 aliphatic heterocycles. The molecule has 0 aromatic heterocycles. The van der Waals surface area contributed by atoms with Crippen LogP contribution in [0.3, 0.4) is 0 Å². The molecule has 2 radical (unpaired) electrons. The SMILES string of the molecule is CN(C)[B]C[B]N(C)C. The van der Waals surface area contributed by atoms with Crippen LogP contribution in [-0.2, 0) is 0 Å². The van der Waals surface area contributed by atoms with Crippen LogP contribution >= 0.6 is 0 Å². The maximum absolute atomic E-state index is 2.12. The number of hydrogen-bond donors (Lipinski definition) is 0. The Kier molecular flexibility index (Phi) is 4.91. The lowest BCUT2D eigenvalue weighted by molar-refractivity contribution is 0.648. The smallest absolute Gasteiger partial charge is 0.200 e. The molecular weight excluding hydrogens is 110 g/mol. The zero-order chi connectivity index (χ0) is 7.28. The van der Waals surface area contributed by atoms with Crippen molar-refractivity contribution in [1.82, 2.24) is 9.62 Å². The van der Waals surface area contributed by atoms with Gasteiger partial charge in [-0.2, -0.15) is 0 Å². The molecule has 0 bridgehead atoms. The summed E-state index contributed by atoms with van der Waals surface area (Å²) in [6.07, 6.45) is 1.01. The molecule has 0 aromatic carbocycles. The highest BCUT2D eigenvalue weighted by Crippen LogP contribution is 1.80. The summed E-state index contributed by atoms with van der Waals surface area (Å²) in [6.45, 7) is 0. The standard InChI is InChI=1S/C5H14B2N2/c1-8(2)6-5-7-9(3)4/h5H2,1-4H3. The molecule has 0 aliphatic rings. The van der Waals surface area contributed by atoms with Crippen LogP contribution in [0.5, 0.6) is 0 Å². The van der Waals surface area contributed by atoms with Gasteiger partial charge in [-0.3, -0.25) is 0 Å². The largest absolute Gasteiger partial charge is 0.352 e. The van der Waals surface area contributed by atoms with Crippen LogP contribution in [0.25, 0.3) is 0 Å². The van der Waals surface area contributed by atoms with Gasteiger partial charge in [0.1, 0.15) is 0 Å². The van der Waals surface area contributed by atoms with Crippen LogP contribution in [0.1, 0.15) is 0 Å². The van der Waals surface area contributed by atoms with Crippen LogP contribution < -0.4 is 0 Å². The van der Waals surface area contributed by atoms with E-state index in [2.05, 4.69) is 24.5 Å². The zero-order valence-electron chi connectivity index (χ0n) is 6.76. The van der Waals surface area contributed by atoms with Crippen LogP contribution in [0.15, 0.2) is 0 Å². The van der Waals surface area contributed by atoms with Gasteiger partial charge in [0, 0.05) is 0 Å². The van der Waals surface area contributed by atoms with Crippen molar-refractivity contribution in [1.29, 1.82) is 0 Å². The first-order chi connectivity index (χ1) is 4.13. The summed E-state index contributed by atoms with van der Waals surface area (Å²) in [6, 6.07) is 0. The van der Waals surface area contributed by atoms with E-state index in [1.54, 1.807) is 0 Å². The third kappa shape index (κ3) is 8.05. The van der Waals surface area contributed by atoms with E-state index in [1.165, 1.54) is 0 Å². The maximum Gasteiger partial charge on any atom is 0.200 e. The average molecular weight is 124 g/mol. The molecule has 9 heavy (non-hydrogen) atoms. The van der Waals surface area contributed by atoms with E-state index in [0.717, 1.165) is 6.22 Å². The zero-order valence-corrected chi connectivity index (χ0v) is 6.76. The van der Waals surface area contributed by atoms with Crippen LogP contribution in [-0.4, -0.2) is 52.6 Å². The fraction of sp³-hybridized carbons (Fsp3) is 1.00. The van der Waals surface area contributed by atoms with Crippen molar-refractivity contribution in [2.45, 2.75) is 6.22 Å². The number of nitrogens with zero attached hydrogens (tertiary/aromatic N) is 2. The van der Waals surface area contributed by atoms with E-state index in [1.807, 2.05) is 28.2 Å². The van der Waals surface area contributed by atoms with Crippen molar-refractivity contribution in [3.63, 3.8) is 0 Å². The fourth-order valence-electron chi connectivity index (χ4n) is 0.469. The van der Waals surface area contributed by atoms with Gasteiger partial charge >= 0.3 is 0 Å². The molecular formula is C5H14B2N2. The van der Waals surface area contributed by atoms with E-state index in [9.17, 15) is 0 Å². The highest BCUT2D eigenvalue weighted by Gasteiger charge is 1.96. The molecule has 4 heteroatoms. The quantitative estimate of drug-likeness (QED) is 0.475. The molecule has 0 aliphatic carbocycles. The van der Waals surface area contributed by atoms with E-state index >= 15 is 0 Å². The maximum atomic E-state index is 2.12. The molecule has 0 heterocycles. The molecule has 0 aromatic rings. The van der Waals surface area contributed by atoms with Crippen LogP contribution in [0.4, 0.5) is 0 Å². The van der Waals surface area contributed by atoms with Gasteiger partial charge in [-0.15, -0.1) is 0 Å². The Labute approximate surface area is 59.7 Å². The summed E-state index contributed by atoms with van der Waals surface area (Å²) < 4.78 is 0. The van der Waals surface area contributed by atoms with Gasteiger partial charge in [-0.25, -0.2) is 0 Å². The van der Waals surface area contributed by atoms with Crippen LogP contribution in [0.2, 0.25) is 6.22 Å². The minimum Gasteiger partial charge on any atom is -0.352 e. The van der Waals surface area contributed by atoms with Crippen molar-refractivity contribution in [2.24, 2.45) is 0 Å². The highest BCUT2D eigenvalue weighted by atomic mass is 15.0. The number of rotatable bonds is 4. The normalized spacial score (nSPS) is 10.4. The van der Waals surface area contributed by atoms with Gasteiger partial charge in [-0.1, -0.05) is 6.22 Å². The monoisotopic (exact) mass is 124 g/mol. The predicted molar refractivity (Wildman–Crippen MR) is 43.7 cm³/mol. The summed E-state index contributed by atoms with van der Waals surface area (Å²) in [5, 5.41) is 0. The summed E-state index contributed by atoms with van der Waals surface area (Å²) in [7, 11) is 12.4. The molecule has 0 N–H and O–H groups in total. The lowest BCUT2D eigenvalue weighted by atomic mass is 9.67. The molecule has 0 unspecified atom stereocenters. The molecule has 0 saturated heterocycles. The molecule has 0 rings (SSSR count).